The van der Waals surface area contributed by atoms with Crippen molar-refractivity contribution in [3.05, 3.63) is 65.1 Å². The molecule has 2 aromatic rings. The van der Waals surface area contributed by atoms with Crippen LogP contribution < -0.4 is 10.0 Å². The van der Waals surface area contributed by atoms with Crippen LogP contribution in [0.4, 0.5) is 5.69 Å². The van der Waals surface area contributed by atoms with Crippen molar-refractivity contribution < 1.29 is 9.52 Å². The van der Waals surface area contributed by atoms with E-state index in [0.717, 1.165) is 45.0 Å². The van der Waals surface area contributed by atoms with Crippen LogP contribution in [-0.2, 0) is 6.54 Å². The van der Waals surface area contributed by atoms with E-state index in [1.54, 1.807) is 0 Å². The van der Waals surface area contributed by atoms with Gasteiger partial charge in [0.2, 0.25) is 0 Å². The molecule has 1 aliphatic heterocycles. The number of carbonyl (C=O) groups is 1. The summed E-state index contributed by atoms with van der Waals surface area (Å²) in [7, 11) is 0. The van der Waals surface area contributed by atoms with Gasteiger partial charge in [-0.15, -0.1) is 0 Å². The van der Waals surface area contributed by atoms with E-state index in [4.69, 9.17) is 0 Å². The lowest BCUT2D eigenvalue weighted by atomic mass is 10.1. The van der Waals surface area contributed by atoms with Gasteiger partial charge in [-0.25, -0.2) is 0 Å². The molecule has 25 heavy (non-hydrogen) atoms. The highest BCUT2D eigenvalue weighted by Crippen LogP contribution is 2.14. The van der Waals surface area contributed by atoms with Crippen molar-refractivity contribution >= 4 is 11.6 Å². The number of amides is 1. The maximum Gasteiger partial charge on any atom is 0.256 e. The monoisotopic (exact) mass is 340 g/mol. The van der Waals surface area contributed by atoms with Gasteiger partial charge < -0.3 is 15.4 Å². The summed E-state index contributed by atoms with van der Waals surface area (Å²) >= 11 is 0. The molecule has 0 aliphatic carbocycles. The summed E-state index contributed by atoms with van der Waals surface area (Å²) in [6.45, 7) is 8.72. The van der Waals surface area contributed by atoms with Crippen molar-refractivity contribution in [1.29, 1.82) is 0 Å². The molecule has 0 radical (unpaired) electrons. The summed E-state index contributed by atoms with van der Waals surface area (Å²) in [5, 5.41) is 13.9. The first-order chi connectivity index (χ1) is 12.1. The average Bonchev–Trinajstić information content (AvgIpc) is 2.64. The summed E-state index contributed by atoms with van der Waals surface area (Å²) in [5.41, 5.74) is 2.46. The quantitative estimate of drug-likeness (QED) is 0.665. The second kappa shape index (κ2) is 8.09. The van der Waals surface area contributed by atoms with Gasteiger partial charge >= 0.3 is 0 Å². The second-order valence-electron chi connectivity index (χ2n) is 6.31. The Morgan fingerprint density at radius 2 is 1.64 bits per heavy atom. The molecule has 1 N–H and O–H groups in total. The molecular weight excluding hydrogens is 316 g/mol. The Labute approximate surface area is 148 Å². The Kier molecular flexibility index (Phi) is 5.63. The summed E-state index contributed by atoms with van der Waals surface area (Å²) < 4.78 is 0.659. The molecule has 1 amide bonds. The fourth-order valence-electron chi connectivity index (χ4n) is 2.98. The minimum atomic E-state index is -0.218. The highest BCUT2D eigenvalue weighted by Gasteiger charge is 2.15. The van der Waals surface area contributed by atoms with Gasteiger partial charge in [0.15, 0.2) is 12.4 Å². The Hall–Kier alpha value is -2.44. The second-order valence-corrected chi connectivity index (χ2v) is 6.31. The van der Waals surface area contributed by atoms with E-state index in [9.17, 15) is 10.0 Å². The third kappa shape index (κ3) is 4.78. The Bertz CT molecular complexity index is 692. The zero-order chi connectivity index (χ0) is 17.6. The molecule has 0 bridgehead atoms. The molecule has 132 valence electrons. The molecule has 1 aliphatic rings. The van der Waals surface area contributed by atoms with Crippen molar-refractivity contribution in [3.63, 3.8) is 0 Å². The molecule has 0 spiro atoms. The van der Waals surface area contributed by atoms with Gasteiger partial charge in [-0.1, -0.05) is 19.1 Å². The molecule has 1 saturated heterocycles. The van der Waals surface area contributed by atoms with Crippen LogP contribution in [-0.4, -0.2) is 48.4 Å². The number of anilines is 1. The van der Waals surface area contributed by atoms with Gasteiger partial charge in [0, 0.05) is 50.5 Å². The van der Waals surface area contributed by atoms with Gasteiger partial charge in [-0.05, 0) is 24.2 Å². The first-order valence-corrected chi connectivity index (χ1v) is 8.68. The van der Waals surface area contributed by atoms with Gasteiger partial charge in [0.1, 0.15) is 0 Å². The number of rotatable bonds is 5. The first kappa shape index (κ1) is 17.4. The molecule has 6 heteroatoms. The van der Waals surface area contributed by atoms with Crippen molar-refractivity contribution in [1.82, 2.24) is 9.80 Å². The number of nitrogens with zero attached hydrogens (tertiary/aromatic N) is 3. The van der Waals surface area contributed by atoms with Crippen LogP contribution in [0.3, 0.4) is 0 Å². The lowest BCUT2D eigenvalue weighted by Gasteiger charge is -2.34. The number of nitrogens with one attached hydrogen (secondary N) is 1. The molecule has 6 nitrogen and oxygen atoms in total. The molecule has 3 rings (SSSR count). The highest BCUT2D eigenvalue weighted by molar-refractivity contribution is 6.04. The van der Waals surface area contributed by atoms with Crippen LogP contribution in [0.5, 0.6) is 0 Å². The minimum absolute atomic E-state index is 0.218. The molecule has 0 saturated carbocycles. The molecular formula is C19H24N4O2. The normalized spacial score (nSPS) is 15.9. The molecule has 1 fully saturated rings. The molecule has 1 aromatic heterocycles. The zero-order valence-electron chi connectivity index (χ0n) is 14.5. The van der Waals surface area contributed by atoms with Crippen molar-refractivity contribution in [2.75, 3.05) is 38.0 Å². The lowest BCUT2D eigenvalue weighted by Crippen LogP contribution is -2.45. The van der Waals surface area contributed by atoms with Crippen LogP contribution in [0.2, 0.25) is 0 Å². The van der Waals surface area contributed by atoms with Crippen LogP contribution in [0.15, 0.2) is 48.8 Å². The number of hydrogen-bond acceptors (Lipinski definition) is 4. The maximum absolute atomic E-state index is 12.2. The van der Waals surface area contributed by atoms with Crippen LogP contribution in [0.1, 0.15) is 22.8 Å². The molecule has 2 heterocycles. The number of likely N-dealkylation sites (N-methyl/N-ethyl adjacent to an activating group) is 1. The number of benzene rings is 1. The fraction of sp³-hybridized carbons (Fsp3) is 0.368. The predicted octanol–water partition coefficient (Wildman–Crippen LogP) is 1.71. The molecule has 1 aromatic carbocycles. The number of pyridine rings is 1. The predicted molar refractivity (Wildman–Crippen MR) is 97.2 cm³/mol. The lowest BCUT2D eigenvalue weighted by molar-refractivity contribution is -0.605. The Morgan fingerprint density at radius 3 is 2.24 bits per heavy atom. The maximum atomic E-state index is 12.2. The van der Waals surface area contributed by atoms with Gasteiger partial charge in [0.25, 0.3) is 5.91 Å². The fourth-order valence-corrected chi connectivity index (χ4v) is 2.98. The summed E-state index contributed by atoms with van der Waals surface area (Å²) in [6, 6.07) is 11.0. The summed E-state index contributed by atoms with van der Waals surface area (Å²) in [6.07, 6.45) is 2.63. The van der Waals surface area contributed by atoms with E-state index in [2.05, 4.69) is 34.2 Å². The zero-order valence-corrected chi connectivity index (χ0v) is 14.5. The number of hydrogen-bond donors (Lipinski definition) is 1. The smallest absolute Gasteiger partial charge is 0.256 e. The number of carbonyl (C=O) groups excluding carboxylic acids is 1. The van der Waals surface area contributed by atoms with Crippen LogP contribution in [0, 0.1) is 5.21 Å². The van der Waals surface area contributed by atoms with Crippen LogP contribution >= 0.6 is 0 Å². The third-order valence-electron chi connectivity index (χ3n) is 4.59. The first-order valence-electron chi connectivity index (χ1n) is 8.68. The molecule has 0 unspecified atom stereocenters. The largest absolute Gasteiger partial charge is 0.619 e. The third-order valence-corrected chi connectivity index (χ3v) is 4.59. The Morgan fingerprint density at radius 1 is 1.04 bits per heavy atom. The van der Waals surface area contributed by atoms with E-state index >= 15 is 0 Å². The molecule has 0 atom stereocenters. The summed E-state index contributed by atoms with van der Waals surface area (Å²) in [4.78, 5) is 17.1. The van der Waals surface area contributed by atoms with Crippen molar-refractivity contribution in [2.24, 2.45) is 0 Å². The van der Waals surface area contributed by atoms with Gasteiger partial charge in [0.05, 0.1) is 5.56 Å². The van der Waals surface area contributed by atoms with E-state index in [-0.39, 0.29) is 5.91 Å². The number of aromatic nitrogens is 1. The SMILES string of the molecule is CCN1CCN(Cc2ccc(NC(=O)c3cc[n+]([O-])cc3)cc2)CC1. The van der Waals surface area contributed by atoms with E-state index in [1.807, 2.05) is 12.1 Å². The average molecular weight is 340 g/mol. The van der Waals surface area contributed by atoms with Gasteiger partial charge in [-0.2, -0.15) is 4.73 Å². The van der Waals surface area contributed by atoms with E-state index in [0.29, 0.717) is 10.3 Å². The number of piperazine rings is 1. The van der Waals surface area contributed by atoms with Gasteiger partial charge in [-0.3, -0.25) is 9.69 Å². The van der Waals surface area contributed by atoms with Crippen LogP contribution in [0.25, 0.3) is 0 Å². The topological polar surface area (TPSA) is 62.5 Å². The van der Waals surface area contributed by atoms with Crippen molar-refractivity contribution in [2.45, 2.75) is 13.5 Å². The standard InChI is InChI=1S/C19H24N4O2/c1-2-21-11-13-22(14-12-21)15-16-3-5-18(6-4-16)20-19(24)17-7-9-23(25)10-8-17/h3-10H,2,11-15H2,1H3,(H,20,24). The highest BCUT2D eigenvalue weighted by atomic mass is 16.5. The summed E-state index contributed by atoms with van der Waals surface area (Å²) in [5.74, 6) is -0.218. The van der Waals surface area contributed by atoms with Crippen molar-refractivity contribution in [3.8, 4) is 0 Å². The Balaban J connectivity index is 1.53. The minimum Gasteiger partial charge on any atom is -0.619 e. The van der Waals surface area contributed by atoms with E-state index in [1.165, 1.54) is 30.1 Å². The van der Waals surface area contributed by atoms with E-state index < -0.39 is 0 Å².